The van der Waals surface area contributed by atoms with Crippen LogP contribution in [-0.2, 0) is 29.6 Å². The van der Waals surface area contributed by atoms with E-state index in [1.807, 2.05) is 0 Å². The van der Waals surface area contributed by atoms with E-state index in [0.29, 0.717) is 48.2 Å². The molecule has 2 aromatic rings. The summed E-state index contributed by atoms with van der Waals surface area (Å²) in [6.07, 6.45) is 2.03. The van der Waals surface area contributed by atoms with Crippen molar-refractivity contribution in [1.82, 2.24) is 8.61 Å². The van der Waals surface area contributed by atoms with Crippen LogP contribution in [0.4, 0.5) is 11.4 Å². The fraction of sp³-hybridized carbons (Fsp3) is 0.462. The molecule has 38 heavy (non-hydrogen) atoms. The molecule has 1 fully saturated rings. The molecule has 0 aromatic heterocycles. The van der Waals surface area contributed by atoms with Crippen molar-refractivity contribution in [3.63, 3.8) is 0 Å². The largest absolute Gasteiger partial charge is 0.326 e. The van der Waals surface area contributed by atoms with Gasteiger partial charge in [-0.05, 0) is 74.9 Å². The van der Waals surface area contributed by atoms with Crippen LogP contribution < -0.4 is 10.6 Å². The van der Waals surface area contributed by atoms with Crippen LogP contribution in [0.3, 0.4) is 0 Å². The molecule has 3 rings (SSSR count). The number of rotatable bonds is 8. The zero-order valence-corrected chi connectivity index (χ0v) is 24.2. The summed E-state index contributed by atoms with van der Waals surface area (Å²) in [4.78, 5) is 26.1. The number of sulfonamides is 2. The summed E-state index contributed by atoms with van der Waals surface area (Å²) < 4.78 is 52.6. The van der Waals surface area contributed by atoms with Gasteiger partial charge in [-0.1, -0.05) is 12.1 Å². The SMILES string of the molecule is Cc1ccc(NC(=O)C2CCC(C(=O)Nc3ccc(C)c(S(=O)(=O)N(C)C)c3)CC2)cc1S(=O)(=O)N(C)C. The van der Waals surface area contributed by atoms with Gasteiger partial charge in [0, 0.05) is 51.4 Å². The fourth-order valence-electron chi connectivity index (χ4n) is 4.41. The summed E-state index contributed by atoms with van der Waals surface area (Å²) in [5.74, 6) is -1.02. The molecule has 10 nitrogen and oxygen atoms in total. The smallest absolute Gasteiger partial charge is 0.242 e. The first-order valence-corrected chi connectivity index (χ1v) is 15.2. The monoisotopic (exact) mass is 564 g/mol. The Labute approximate surface area is 225 Å². The van der Waals surface area contributed by atoms with Gasteiger partial charge in [-0.25, -0.2) is 25.4 Å². The zero-order chi connectivity index (χ0) is 28.4. The van der Waals surface area contributed by atoms with Crippen LogP contribution in [0.15, 0.2) is 46.2 Å². The summed E-state index contributed by atoms with van der Waals surface area (Å²) >= 11 is 0. The predicted octanol–water partition coefficient (Wildman–Crippen LogP) is 3.19. The molecule has 0 unspecified atom stereocenters. The van der Waals surface area contributed by atoms with Gasteiger partial charge < -0.3 is 10.6 Å². The number of hydrogen-bond acceptors (Lipinski definition) is 6. The van der Waals surface area contributed by atoms with Crippen molar-refractivity contribution < 1.29 is 26.4 Å². The van der Waals surface area contributed by atoms with Crippen molar-refractivity contribution >= 4 is 43.2 Å². The fourth-order valence-corrected chi connectivity index (χ4v) is 6.70. The average Bonchev–Trinajstić information content (AvgIpc) is 2.85. The standard InChI is InChI=1S/C26H36N4O6S2/c1-17-7-13-21(15-23(17)37(33,34)29(3)4)27-25(31)19-9-11-20(12-10-19)26(32)28-22-14-8-18(2)24(16-22)38(35,36)30(5)6/h7-8,13-16,19-20H,9-12H2,1-6H3,(H,27,31)(H,28,32). The lowest BCUT2D eigenvalue weighted by Crippen LogP contribution is -2.32. The van der Waals surface area contributed by atoms with Gasteiger partial charge in [0.05, 0.1) is 9.79 Å². The Balaban J connectivity index is 1.62. The van der Waals surface area contributed by atoms with Crippen molar-refractivity contribution in [2.45, 2.75) is 49.3 Å². The Bertz CT molecular complexity index is 1320. The van der Waals surface area contributed by atoms with E-state index in [2.05, 4.69) is 10.6 Å². The number of amides is 2. The second-order valence-electron chi connectivity index (χ2n) is 10.1. The normalized spacial score (nSPS) is 18.4. The van der Waals surface area contributed by atoms with Crippen molar-refractivity contribution in [1.29, 1.82) is 0 Å². The number of anilines is 2. The third kappa shape index (κ3) is 6.42. The minimum Gasteiger partial charge on any atom is -0.326 e. The summed E-state index contributed by atoms with van der Waals surface area (Å²) in [5, 5.41) is 5.65. The van der Waals surface area contributed by atoms with Crippen LogP contribution in [0, 0.1) is 25.7 Å². The van der Waals surface area contributed by atoms with Crippen molar-refractivity contribution in [2.24, 2.45) is 11.8 Å². The topological polar surface area (TPSA) is 133 Å². The van der Waals surface area contributed by atoms with Gasteiger partial charge in [-0.2, -0.15) is 0 Å². The second kappa shape index (κ2) is 11.5. The molecule has 2 aromatic carbocycles. The minimum absolute atomic E-state index is 0.137. The molecule has 1 aliphatic carbocycles. The molecule has 0 bridgehead atoms. The van der Waals surface area contributed by atoms with Crippen molar-refractivity contribution in [3.05, 3.63) is 47.5 Å². The Kier molecular flexibility index (Phi) is 9.02. The molecule has 0 aliphatic heterocycles. The third-order valence-corrected chi connectivity index (χ3v) is 10.8. The highest BCUT2D eigenvalue weighted by Gasteiger charge is 2.31. The Hall–Kier alpha value is -2.80. The highest BCUT2D eigenvalue weighted by atomic mass is 32.2. The Morgan fingerprint density at radius 1 is 0.658 bits per heavy atom. The molecule has 2 N–H and O–H groups in total. The number of aryl methyl sites for hydroxylation is 2. The number of benzene rings is 2. The number of hydrogen-bond donors (Lipinski definition) is 2. The van der Waals surface area contributed by atoms with Gasteiger partial charge in [0.15, 0.2) is 0 Å². The maximum Gasteiger partial charge on any atom is 0.242 e. The van der Waals surface area contributed by atoms with E-state index in [1.54, 1.807) is 38.1 Å². The molecule has 208 valence electrons. The first-order chi connectivity index (χ1) is 17.6. The van der Waals surface area contributed by atoms with E-state index in [1.165, 1.54) is 40.3 Å². The zero-order valence-electron chi connectivity index (χ0n) is 22.6. The second-order valence-corrected chi connectivity index (χ2v) is 14.3. The number of carbonyl (C=O) groups is 2. The van der Waals surface area contributed by atoms with E-state index >= 15 is 0 Å². The van der Waals surface area contributed by atoms with Crippen LogP contribution >= 0.6 is 0 Å². The maximum atomic E-state index is 12.9. The predicted molar refractivity (Wildman–Crippen MR) is 147 cm³/mol. The highest BCUT2D eigenvalue weighted by Crippen LogP contribution is 2.32. The van der Waals surface area contributed by atoms with E-state index < -0.39 is 20.0 Å². The van der Waals surface area contributed by atoms with Gasteiger partial charge in [0.25, 0.3) is 0 Å². The summed E-state index contributed by atoms with van der Waals surface area (Å²) in [7, 11) is -1.47. The minimum atomic E-state index is -3.65. The van der Waals surface area contributed by atoms with E-state index in [0.717, 1.165) is 8.61 Å². The van der Waals surface area contributed by atoms with Crippen molar-refractivity contribution in [3.8, 4) is 0 Å². The molecule has 0 spiro atoms. The molecule has 1 saturated carbocycles. The maximum absolute atomic E-state index is 12.9. The van der Waals surface area contributed by atoms with Crippen LogP contribution in [0.5, 0.6) is 0 Å². The van der Waals surface area contributed by atoms with Gasteiger partial charge in [0.1, 0.15) is 0 Å². The van der Waals surface area contributed by atoms with Gasteiger partial charge >= 0.3 is 0 Å². The lowest BCUT2D eigenvalue weighted by molar-refractivity contribution is -0.125. The summed E-state index contributed by atoms with van der Waals surface area (Å²) in [6.45, 7) is 3.40. The molecule has 1 aliphatic rings. The molecule has 0 heterocycles. The van der Waals surface area contributed by atoms with Crippen LogP contribution in [0.25, 0.3) is 0 Å². The number of carbonyl (C=O) groups excluding carboxylic acids is 2. The first-order valence-electron chi connectivity index (χ1n) is 12.3. The summed E-state index contributed by atoms with van der Waals surface area (Å²) in [5.41, 5.74) is 1.99. The Morgan fingerprint density at radius 3 is 1.26 bits per heavy atom. The van der Waals surface area contributed by atoms with E-state index in [-0.39, 0.29) is 33.4 Å². The molecule has 2 amide bonds. The lowest BCUT2D eigenvalue weighted by Gasteiger charge is -2.27. The molecule has 0 saturated heterocycles. The van der Waals surface area contributed by atoms with Crippen LogP contribution in [0.2, 0.25) is 0 Å². The number of nitrogens with one attached hydrogen (secondary N) is 2. The van der Waals surface area contributed by atoms with Gasteiger partial charge in [-0.15, -0.1) is 0 Å². The Morgan fingerprint density at radius 2 is 0.974 bits per heavy atom. The average molecular weight is 565 g/mol. The van der Waals surface area contributed by atoms with E-state index in [4.69, 9.17) is 0 Å². The number of nitrogens with zero attached hydrogens (tertiary/aromatic N) is 2. The third-order valence-electron chi connectivity index (χ3n) is 6.90. The molecule has 0 atom stereocenters. The molecular weight excluding hydrogens is 528 g/mol. The molecule has 12 heteroatoms. The van der Waals surface area contributed by atoms with Crippen molar-refractivity contribution in [2.75, 3.05) is 38.8 Å². The summed E-state index contributed by atoms with van der Waals surface area (Å²) in [6, 6.07) is 9.60. The van der Waals surface area contributed by atoms with E-state index in [9.17, 15) is 26.4 Å². The molecular formula is C26H36N4O6S2. The van der Waals surface area contributed by atoms with Crippen LogP contribution in [-0.4, -0.2) is 65.5 Å². The molecule has 0 radical (unpaired) electrons. The quantitative estimate of drug-likeness (QED) is 0.506. The lowest BCUT2D eigenvalue weighted by atomic mass is 9.81. The van der Waals surface area contributed by atoms with Gasteiger partial charge in [0.2, 0.25) is 31.9 Å². The van der Waals surface area contributed by atoms with Gasteiger partial charge in [-0.3, -0.25) is 9.59 Å². The van der Waals surface area contributed by atoms with Crippen LogP contribution in [0.1, 0.15) is 36.8 Å². The first kappa shape index (κ1) is 29.8. The highest BCUT2D eigenvalue weighted by molar-refractivity contribution is 7.89.